The average Bonchev–Trinajstić information content (AvgIpc) is 3.86. The summed E-state index contributed by atoms with van der Waals surface area (Å²) in [7, 11) is 0. The zero-order valence-corrected chi connectivity index (χ0v) is 32.2. The molecule has 0 unspecified atom stereocenters. The fourth-order valence-corrected chi connectivity index (χ4v) is 9.40. The van der Waals surface area contributed by atoms with E-state index in [1.54, 1.807) is 0 Å². The summed E-state index contributed by atoms with van der Waals surface area (Å²) in [6.45, 7) is 0. The molecule has 0 bridgehead atoms. The van der Waals surface area contributed by atoms with Gasteiger partial charge < -0.3 is 4.42 Å². The molecule has 0 saturated heterocycles. The predicted octanol–water partition coefficient (Wildman–Crippen LogP) is 14.5. The van der Waals surface area contributed by atoms with Crippen LogP contribution in [0.2, 0.25) is 0 Å². The highest BCUT2D eigenvalue weighted by Gasteiger charge is 2.25. The highest BCUT2D eigenvalue weighted by atomic mass is 16.3. The molecule has 3 aromatic heterocycles. The first kappa shape index (κ1) is 32.9. The Morgan fingerprint density at radius 1 is 0.350 bits per heavy atom. The van der Waals surface area contributed by atoms with Crippen LogP contribution in [0, 0.1) is 0 Å². The van der Waals surface area contributed by atoms with Gasteiger partial charge in [-0.3, -0.25) is 4.57 Å². The number of nitrogens with zero attached hydrogens (tertiary/aromatic N) is 4. The molecule has 0 amide bonds. The Bertz CT molecular complexity index is 3820. The molecule has 0 atom stereocenters. The second kappa shape index (κ2) is 12.7. The molecule has 10 aromatic carbocycles. The molecule has 5 nitrogen and oxygen atoms in total. The van der Waals surface area contributed by atoms with Gasteiger partial charge in [0.2, 0.25) is 5.95 Å². The van der Waals surface area contributed by atoms with Crippen LogP contribution in [0.15, 0.2) is 199 Å². The van der Waals surface area contributed by atoms with E-state index in [1.807, 2.05) is 6.07 Å². The van der Waals surface area contributed by atoms with Crippen LogP contribution in [-0.4, -0.2) is 19.5 Å². The van der Waals surface area contributed by atoms with Crippen LogP contribution < -0.4 is 0 Å². The van der Waals surface area contributed by atoms with Gasteiger partial charge in [-0.2, -0.15) is 9.97 Å². The number of hydrogen-bond acceptors (Lipinski definition) is 4. The van der Waals surface area contributed by atoms with Crippen LogP contribution in [-0.2, 0) is 0 Å². The van der Waals surface area contributed by atoms with E-state index < -0.39 is 0 Å². The van der Waals surface area contributed by atoms with Gasteiger partial charge in [-0.25, -0.2) is 4.98 Å². The van der Waals surface area contributed by atoms with E-state index >= 15 is 0 Å². The number of aromatic nitrogens is 4. The zero-order valence-electron chi connectivity index (χ0n) is 32.2. The van der Waals surface area contributed by atoms with Crippen LogP contribution >= 0.6 is 0 Å². The van der Waals surface area contributed by atoms with E-state index in [9.17, 15) is 0 Å². The van der Waals surface area contributed by atoms with E-state index in [0.29, 0.717) is 17.6 Å². The lowest BCUT2D eigenvalue weighted by molar-refractivity contribution is 0.670. The van der Waals surface area contributed by atoms with Gasteiger partial charge in [0.1, 0.15) is 11.2 Å². The smallest absolute Gasteiger partial charge is 0.238 e. The van der Waals surface area contributed by atoms with Gasteiger partial charge in [0.05, 0.1) is 11.0 Å². The summed E-state index contributed by atoms with van der Waals surface area (Å²) in [5.41, 5.74) is 7.67. The topological polar surface area (TPSA) is 56.7 Å². The first-order valence-electron chi connectivity index (χ1n) is 20.3. The molecule has 0 spiro atoms. The quantitative estimate of drug-likeness (QED) is 0.179. The number of furan rings is 1. The number of benzene rings is 10. The summed E-state index contributed by atoms with van der Waals surface area (Å²) in [6, 6.07) is 68.6. The molecule has 60 heavy (non-hydrogen) atoms. The minimum Gasteiger partial charge on any atom is -0.455 e. The maximum absolute atomic E-state index is 6.86. The molecule has 13 rings (SSSR count). The van der Waals surface area contributed by atoms with Crippen molar-refractivity contribution >= 4 is 86.8 Å². The van der Waals surface area contributed by atoms with Crippen molar-refractivity contribution < 1.29 is 4.42 Å². The van der Waals surface area contributed by atoms with Crippen LogP contribution in [0.3, 0.4) is 0 Å². The van der Waals surface area contributed by atoms with Gasteiger partial charge in [-0.15, -0.1) is 0 Å². The second-order valence-electron chi connectivity index (χ2n) is 15.6. The van der Waals surface area contributed by atoms with Gasteiger partial charge >= 0.3 is 0 Å². The fourth-order valence-electron chi connectivity index (χ4n) is 9.40. The molecule has 13 aromatic rings. The molecule has 0 aliphatic heterocycles. The molecule has 0 fully saturated rings. The van der Waals surface area contributed by atoms with Gasteiger partial charge in [-0.1, -0.05) is 170 Å². The van der Waals surface area contributed by atoms with Crippen molar-refractivity contribution in [2.45, 2.75) is 0 Å². The van der Waals surface area contributed by atoms with E-state index in [0.717, 1.165) is 109 Å². The van der Waals surface area contributed by atoms with Crippen LogP contribution in [0.1, 0.15) is 0 Å². The Morgan fingerprint density at radius 2 is 0.900 bits per heavy atom. The Labute approximate surface area is 343 Å². The Balaban J connectivity index is 1.20. The van der Waals surface area contributed by atoms with Crippen molar-refractivity contribution in [3.8, 4) is 39.9 Å². The van der Waals surface area contributed by atoms with E-state index in [-0.39, 0.29) is 0 Å². The van der Waals surface area contributed by atoms with Gasteiger partial charge in [0.25, 0.3) is 0 Å². The summed E-state index contributed by atoms with van der Waals surface area (Å²) in [5, 5.41) is 13.5. The molecule has 0 saturated carbocycles. The van der Waals surface area contributed by atoms with Crippen molar-refractivity contribution in [1.82, 2.24) is 19.5 Å². The first-order chi connectivity index (χ1) is 29.7. The first-order valence-corrected chi connectivity index (χ1v) is 20.3. The number of rotatable bonds is 4. The molecule has 0 aliphatic carbocycles. The predicted molar refractivity (Wildman–Crippen MR) is 248 cm³/mol. The van der Waals surface area contributed by atoms with Crippen molar-refractivity contribution in [3.63, 3.8) is 0 Å². The molecule has 0 radical (unpaired) electrons. The van der Waals surface area contributed by atoms with E-state index in [2.05, 4.69) is 193 Å². The lowest BCUT2D eigenvalue weighted by Crippen LogP contribution is -2.07. The summed E-state index contributed by atoms with van der Waals surface area (Å²) in [5.74, 6) is 1.75. The molecule has 0 aliphatic rings. The maximum atomic E-state index is 6.86. The third kappa shape index (κ3) is 4.90. The maximum Gasteiger partial charge on any atom is 0.238 e. The highest BCUT2D eigenvalue weighted by molar-refractivity contribution is 6.25. The SMILES string of the molecule is c1ccc2cc(-c3nc(-c4ccc5ccccc5c4)nc(-n4c5c(-c6c7ccccc7cc7c6oc6ccccc67)cccc5c5ccc6ccccc6c54)n3)ccc2c1. The van der Waals surface area contributed by atoms with Crippen molar-refractivity contribution in [2.75, 3.05) is 0 Å². The van der Waals surface area contributed by atoms with Crippen LogP contribution in [0.4, 0.5) is 0 Å². The minimum absolute atomic E-state index is 0.543. The van der Waals surface area contributed by atoms with Gasteiger partial charge in [0, 0.05) is 49.2 Å². The summed E-state index contributed by atoms with van der Waals surface area (Å²) in [4.78, 5) is 16.2. The minimum atomic E-state index is 0.543. The summed E-state index contributed by atoms with van der Waals surface area (Å²) in [6.07, 6.45) is 0. The fraction of sp³-hybridized carbons (Fsp3) is 0. The normalized spacial score (nSPS) is 12.0. The van der Waals surface area contributed by atoms with Crippen LogP contribution in [0.25, 0.3) is 127 Å². The highest BCUT2D eigenvalue weighted by Crippen LogP contribution is 2.46. The molecule has 278 valence electrons. The number of fused-ring (bicyclic) bond motifs is 11. The standard InChI is InChI=1S/C55H32N4O/c1-3-15-36-30-39(26-24-33(36)12-1)53-56-54(40-27-25-34-13-2-4-16-37(34)31-40)58-55(57-53)59-50-42-19-8-5-14-35(42)28-29-45(50)44-21-11-22-46(51(44)59)49-41-18-7-6-17-38(41)32-47-43-20-9-10-23-48(43)60-52(47)49/h1-32H. The van der Waals surface area contributed by atoms with Crippen molar-refractivity contribution in [3.05, 3.63) is 194 Å². The summed E-state index contributed by atoms with van der Waals surface area (Å²) < 4.78 is 9.15. The molecular weight excluding hydrogens is 733 g/mol. The zero-order chi connectivity index (χ0) is 39.3. The van der Waals surface area contributed by atoms with E-state index in [1.165, 1.54) is 0 Å². The lowest BCUT2D eigenvalue weighted by Gasteiger charge is -2.15. The third-order valence-corrected chi connectivity index (χ3v) is 12.2. The molecule has 3 heterocycles. The Morgan fingerprint density at radius 3 is 1.62 bits per heavy atom. The molecule has 0 N–H and O–H groups in total. The van der Waals surface area contributed by atoms with Gasteiger partial charge in [0.15, 0.2) is 11.6 Å². The van der Waals surface area contributed by atoms with Crippen LogP contribution in [0.5, 0.6) is 0 Å². The number of hydrogen-bond donors (Lipinski definition) is 0. The largest absolute Gasteiger partial charge is 0.455 e. The molecular formula is C55H32N4O. The van der Waals surface area contributed by atoms with Crippen molar-refractivity contribution in [1.29, 1.82) is 0 Å². The summed E-state index contributed by atoms with van der Waals surface area (Å²) >= 11 is 0. The monoisotopic (exact) mass is 764 g/mol. The number of para-hydroxylation sites is 2. The molecule has 5 heteroatoms. The van der Waals surface area contributed by atoms with Crippen molar-refractivity contribution in [2.24, 2.45) is 0 Å². The lowest BCUT2D eigenvalue weighted by atomic mass is 9.93. The second-order valence-corrected chi connectivity index (χ2v) is 15.6. The average molecular weight is 765 g/mol. The third-order valence-electron chi connectivity index (χ3n) is 12.2. The Hall–Kier alpha value is -8.15. The van der Waals surface area contributed by atoms with E-state index in [4.69, 9.17) is 19.4 Å². The Kier molecular flexibility index (Phi) is 6.95. The van der Waals surface area contributed by atoms with Gasteiger partial charge in [-0.05, 0) is 62.0 Å².